The third-order valence-electron chi connectivity index (χ3n) is 5.83. The van der Waals surface area contributed by atoms with Crippen LogP contribution in [0.15, 0.2) is 58.6 Å². The van der Waals surface area contributed by atoms with Crippen molar-refractivity contribution in [3.8, 4) is 5.75 Å². The van der Waals surface area contributed by atoms with Gasteiger partial charge in [-0.1, -0.05) is 50.0 Å². The molecule has 2 atom stereocenters. The zero-order valence-corrected chi connectivity index (χ0v) is 16.9. The number of hydrogen-bond acceptors (Lipinski definition) is 4. The van der Waals surface area contributed by atoms with Crippen LogP contribution in [0, 0.1) is 0 Å². The van der Waals surface area contributed by atoms with Gasteiger partial charge < -0.3 is 9.84 Å². The third-order valence-corrected chi connectivity index (χ3v) is 5.83. The molecule has 2 heterocycles. The van der Waals surface area contributed by atoms with E-state index in [1.54, 1.807) is 7.11 Å². The number of aliphatic hydroxyl groups is 1. The van der Waals surface area contributed by atoms with Crippen LogP contribution in [0.4, 0.5) is 0 Å². The molecule has 4 nitrogen and oxygen atoms in total. The molecule has 0 bridgehead atoms. The van der Waals surface area contributed by atoms with Crippen LogP contribution in [-0.2, 0) is 6.42 Å². The number of nitrogens with zero attached hydrogens (tertiary/aromatic N) is 2. The van der Waals surface area contributed by atoms with Gasteiger partial charge in [0.05, 0.1) is 18.2 Å². The largest absolute Gasteiger partial charge is 0.497 e. The van der Waals surface area contributed by atoms with Crippen molar-refractivity contribution in [2.45, 2.75) is 62.4 Å². The molecule has 0 radical (unpaired) electrons. The number of allylic oxidation sites excluding steroid dienone is 2. The van der Waals surface area contributed by atoms with Crippen LogP contribution in [-0.4, -0.2) is 42.3 Å². The highest BCUT2D eigenvalue weighted by Gasteiger charge is 2.28. The van der Waals surface area contributed by atoms with Crippen molar-refractivity contribution in [3.05, 3.63) is 54.1 Å². The van der Waals surface area contributed by atoms with Crippen LogP contribution in [0.3, 0.4) is 0 Å². The van der Waals surface area contributed by atoms with Gasteiger partial charge in [-0.2, -0.15) is 0 Å². The Hall–Kier alpha value is -2.20. The van der Waals surface area contributed by atoms with Gasteiger partial charge in [0.2, 0.25) is 0 Å². The minimum absolute atomic E-state index is 0.0921. The number of rotatable bonds is 12. The number of methoxy groups -OCH3 is 1. The van der Waals surface area contributed by atoms with Crippen molar-refractivity contribution in [3.63, 3.8) is 0 Å². The average molecular weight is 381 g/mol. The smallest absolute Gasteiger partial charge is 0.118 e. The summed E-state index contributed by atoms with van der Waals surface area (Å²) >= 11 is 0. The van der Waals surface area contributed by atoms with Gasteiger partial charge in [-0.3, -0.25) is 9.98 Å². The lowest BCUT2D eigenvalue weighted by Crippen LogP contribution is -2.25. The Kier molecular flexibility index (Phi) is 7.21. The van der Waals surface area contributed by atoms with Crippen LogP contribution in [0.25, 0.3) is 0 Å². The Balaban J connectivity index is 1.43. The molecule has 150 valence electrons. The third kappa shape index (κ3) is 5.41. The Morgan fingerprint density at radius 3 is 1.96 bits per heavy atom. The predicted molar refractivity (Wildman–Crippen MR) is 117 cm³/mol. The predicted octanol–water partition coefficient (Wildman–Crippen LogP) is 4.72. The number of hydrogen-bond donors (Lipinski definition) is 1. The van der Waals surface area contributed by atoms with E-state index < -0.39 is 0 Å². The van der Waals surface area contributed by atoms with Crippen LogP contribution in [0.1, 0.15) is 50.5 Å². The summed E-state index contributed by atoms with van der Waals surface area (Å²) < 4.78 is 5.26. The van der Waals surface area contributed by atoms with Crippen LogP contribution in [0.5, 0.6) is 5.75 Å². The number of unbranched alkanes of at least 4 members (excludes halogenated alkanes) is 3. The summed E-state index contributed by atoms with van der Waals surface area (Å²) in [6, 6.07) is 8.32. The topological polar surface area (TPSA) is 54.2 Å². The van der Waals surface area contributed by atoms with E-state index >= 15 is 0 Å². The monoisotopic (exact) mass is 380 g/mol. The highest BCUT2D eigenvalue weighted by Crippen LogP contribution is 2.31. The molecule has 1 aromatic carbocycles. The van der Waals surface area contributed by atoms with E-state index in [9.17, 15) is 5.11 Å². The molecule has 0 spiro atoms. The van der Waals surface area contributed by atoms with Crippen LogP contribution < -0.4 is 4.74 Å². The van der Waals surface area contributed by atoms with E-state index in [4.69, 9.17) is 9.73 Å². The first-order chi connectivity index (χ1) is 13.7. The minimum atomic E-state index is -0.150. The summed E-state index contributed by atoms with van der Waals surface area (Å²) in [6.07, 6.45) is 20.8. The second kappa shape index (κ2) is 9.83. The molecule has 0 saturated heterocycles. The summed E-state index contributed by atoms with van der Waals surface area (Å²) in [7, 11) is 1.70. The Morgan fingerprint density at radius 1 is 0.821 bits per heavy atom. The quantitative estimate of drug-likeness (QED) is 0.534. The second-order valence-electron chi connectivity index (χ2n) is 7.89. The van der Waals surface area contributed by atoms with Gasteiger partial charge in [0.1, 0.15) is 5.75 Å². The molecule has 0 aliphatic carbocycles. The van der Waals surface area contributed by atoms with Gasteiger partial charge in [0.15, 0.2) is 0 Å². The van der Waals surface area contributed by atoms with E-state index in [1.165, 1.54) is 24.8 Å². The maximum Gasteiger partial charge on any atom is 0.118 e. The SMILES string of the molecule is COc1ccc(CC2(CCCCCCC3(CCO)C=CC=N3)C=CC=N2)cc1. The second-order valence-corrected chi connectivity index (χ2v) is 7.89. The lowest BCUT2D eigenvalue weighted by atomic mass is 9.86. The normalized spacial score (nSPS) is 25.1. The Morgan fingerprint density at radius 2 is 1.43 bits per heavy atom. The molecule has 0 fully saturated rings. The summed E-state index contributed by atoms with van der Waals surface area (Å²) in [6.45, 7) is 0.194. The van der Waals surface area contributed by atoms with Crippen molar-refractivity contribution >= 4 is 12.4 Å². The van der Waals surface area contributed by atoms with E-state index in [0.29, 0.717) is 0 Å². The lowest BCUT2D eigenvalue weighted by molar-refractivity contribution is 0.252. The molecule has 28 heavy (non-hydrogen) atoms. The van der Waals surface area contributed by atoms with Crippen molar-refractivity contribution in [1.82, 2.24) is 0 Å². The van der Waals surface area contributed by atoms with Crippen LogP contribution in [0.2, 0.25) is 0 Å². The van der Waals surface area contributed by atoms with Gasteiger partial charge in [-0.25, -0.2) is 0 Å². The maximum absolute atomic E-state index is 9.30. The maximum atomic E-state index is 9.30. The highest BCUT2D eigenvalue weighted by atomic mass is 16.5. The average Bonchev–Trinajstić information content (AvgIpc) is 3.36. The lowest BCUT2D eigenvalue weighted by Gasteiger charge is -2.25. The minimum Gasteiger partial charge on any atom is -0.497 e. The van der Waals surface area contributed by atoms with Gasteiger partial charge >= 0.3 is 0 Å². The first-order valence-corrected chi connectivity index (χ1v) is 10.4. The molecular formula is C24H32N2O2. The Labute approximate surface area is 168 Å². The van der Waals surface area contributed by atoms with Crippen molar-refractivity contribution in [2.24, 2.45) is 9.98 Å². The van der Waals surface area contributed by atoms with Gasteiger partial charge in [0, 0.05) is 25.5 Å². The summed E-state index contributed by atoms with van der Waals surface area (Å²) in [5.74, 6) is 0.892. The van der Waals surface area contributed by atoms with Crippen LogP contribution >= 0.6 is 0 Å². The van der Waals surface area contributed by atoms with E-state index in [0.717, 1.165) is 37.9 Å². The fourth-order valence-corrected chi connectivity index (χ4v) is 4.18. The van der Waals surface area contributed by atoms with Crippen molar-refractivity contribution in [2.75, 3.05) is 13.7 Å². The number of aliphatic imine (C=N–C) groups is 2. The van der Waals surface area contributed by atoms with Gasteiger partial charge in [0.25, 0.3) is 0 Å². The molecule has 3 rings (SSSR count). The molecule has 0 aromatic heterocycles. The standard InChI is InChI=1S/C24H32N2O2/c1-28-22-10-8-21(9-11-22)20-24(15-7-18-26-24)13-5-3-2-4-12-23(16-19-27)14-6-17-25-23/h6-11,14-15,17-18,27H,2-5,12-13,16,19-20H2,1H3. The molecule has 1 N–H and O–H groups in total. The number of aliphatic hydroxyl groups excluding tert-OH is 1. The summed E-state index contributed by atoms with van der Waals surface area (Å²) in [5.41, 5.74) is 1.05. The molecule has 2 unspecified atom stereocenters. The molecule has 4 heteroatoms. The molecule has 0 amide bonds. The molecular weight excluding hydrogens is 348 g/mol. The van der Waals surface area contributed by atoms with Gasteiger partial charge in [-0.15, -0.1) is 0 Å². The Bertz CT molecular complexity index is 707. The fourth-order valence-electron chi connectivity index (χ4n) is 4.18. The zero-order valence-electron chi connectivity index (χ0n) is 16.9. The summed E-state index contributed by atoms with van der Waals surface area (Å²) in [5, 5.41) is 9.30. The first-order valence-electron chi connectivity index (χ1n) is 10.4. The number of benzene rings is 1. The van der Waals surface area contributed by atoms with E-state index in [-0.39, 0.29) is 17.7 Å². The molecule has 2 aliphatic heterocycles. The summed E-state index contributed by atoms with van der Waals surface area (Å²) in [4.78, 5) is 9.37. The first kappa shape index (κ1) is 20.5. The van der Waals surface area contributed by atoms with Gasteiger partial charge in [-0.05, 0) is 49.1 Å². The van der Waals surface area contributed by atoms with E-state index in [2.05, 4.69) is 35.4 Å². The molecule has 1 aromatic rings. The zero-order chi connectivity index (χ0) is 19.7. The molecule has 0 saturated carbocycles. The fraction of sp³-hybridized carbons (Fsp3) is 0.500. The van der Waals surface area contributed by atoms with E-state index in [1.807, 2.05) is 30.6 Å². The number of ether oxygens (including phenoxy) is 1. The van der Waals surface area contributed by atoms with Crippen molar-refractivity contribution in [1.29, 1.82) is 0 Å². The molecule has 2 aliphatic rings. The van der Waals surface area contributed by atoms with Crippen molar-refractivity contribution < 1.29 is 9.84 Å². The highest BCUT2D eigenvalue weighted by molar-refractivity contribution is 5.75.